The Labute approximate surface area is 174 Å². The summed E-state index contributed by atoms with van der Waals surface area (Å²) in [5, 5.41) is 0. The first kappa shape index (κ1) is 18.8. The minimum Gasteiger partial charge on any atom is -0.497 e. The third-order valence-corrected chi connectivity index (χ3v) is 5.68. The smallest absolute Gasteiger partial charge is 0.217 e. The fourth-order valence-electron chi connectivity index (χ4n) is 3.55. The van der Waals surface area contributed by atoms with Gasteiger partial charge in [0.2, 0.25) is 5.90 Å². The van der Waals surface area contributed by atoms with Crippen LogP contribution in [0, 0.1) is 0 Å². The number of benzene rings is 3. The maximum Gasteiger partial charge on any atom is 0.217 e. The number of rotatable bonds is 4. The van der Waals surface area contributed by atoms with Gasteiger partial charge in [0.15, 0.2) is 0 Å². The molecule has 1 heterocycles. The van der Waals surface area contributed by atoms with E-state index in [1.54, 1.807) is 7.11 Å². The minimum atomic E-state index is -0.462. The van der Waals surface area contributed by atoms with Gasteiger partial charge in [-0.25, -0.2) is 4.99 Å². The molecule has 0 amide bonds. The Morgan fingerprint density at radius 2 is 1.64 bits per heavy atom. The van der Waals surface area contributed by atoms with Gasteiger partial charge in [0, 0.05) is 16.5 Å². The van der Waals surface area contributed by atoms with E-state index in [4.69, 9.17) is 14.5 Å². The van der Waals surface area contributed by atoms with Crippen molar-refractivity contribution in [3.63, 3.8) is 0 Å². The Balaban J connectivity index is 1.77. The average Bonchev–Trinajstić information content (AvgIpc) is 2.74. The molecule has 3 aromatic carbocycles. The number of hydrogen-bond donors (Lipinski definition) is 0. The van der Waals surface area contributed by atoms with Crippen molar-refractivity contribution in [1.82, 2.24) is 0 Å². The molecule has 0 N–H and O–H groups in total. The van der Waals surface area contributed by atoms with Gasteiger partial charge in [-0.3, -0.25) is 0 Å². The Morgan fingerprint density at radius 3 is 2.29 bits per heavy atom. The van der Waals surface area contributed by atoms with Crippen molar-refractivity contribution in [3.8, 4) is 5.75 Å². The van der Waals surface area contributed by atoms with Crippen LogP contribution >= 0.6 is 15.9 Å². The summed E-state index contributed by atoms with van der Waals surface area (Å²) in [7, 11) is 1.67. The van der Waals surface area contributed by atoms with Crippen LogP contribution in [-0.4, -0.2) is 13.0 Å². The van der Waals surface area contributed by atoms with Gasteiger partial charge in [0.05, 0.1) is 13.2 Å². The van der Waals surface area contributed by atoms with Gasteiger partial charge in [-0.1, -0.05) is 58.4 Å². The molecule has 2 unspecified atom stereocenters. The number of halogens is 1. The highest BCUT2D eigenvalue weighted by molar-refractivity contribution is 9.10. The SMILES string of the molecule is COc1ccc(C2=NC(c3ccc(Br)cc3)CC(C)(c3ccccc3)O2)cc1. The number of aliphatic imine (C=N–C) groups is 1. The van der Waals surface area contributed by atoms with E-state index in [0.717, 1.165) is 27.8 Å². The van der Waals surface area contributed by atoms with Crippen LogP contribution in [-0.2, 0) is 10.3 Å². The maximum absolute atomic E-state index is 6.49. The van der Waals surface area contributed by atoms with Crippen molar-refractivity contribution in [3.05, 3.63) is 100 Å². The Bertz CT molecular complexity index is 968. The second-order valence-electron chi connectivity index (χ2n) is 7.13. The summed E-state index contributed by atoms with van der Waals surface area (Å²) < 4.78 is 12.8. The molecule has 0 aliphatic carbocycles. The number of ether oxygens (including phenoxy) is 2. The van der Waals surface area contributed by atoms with Gasteiger partial charge in [0.25, 0.3) is 0 Å². The lowest BCUT2D eigenvalue weighted by Crippen LogP contribution is -2.35. The first-order valence-electron chi connectivity index (χ1n) is 9.30. The quantitative estimate of drug-likeness (QED) is 0.482. The van der Waals surface area contributed by atoms with Crippen molar-refractivity contribution in [2.75, 3.05) is 7.11 Å². The lowest BCUT2D eigenvalue weighted by Gasteiger charge is -2.38. The molecule has 2 atom stereocenters. The normalized spacial score (nSPS) is 21.5. The van der Waals surface area contributed by atoms with E-state index in [2.05, 4.69) is 71.4 Å². The standard InChI is InChI=1S/C24H22BrNO2/c1-24(19-6-4-3-5-7-19)16-22(17-8-12-20(25)13-9-17)26-23(28-24)18-10-14-21(27-2)15-11-18/h3-15,22H,16H2,1-2H3. The van der Waals surface area contributed by atoms with Crippen LogP contribution in [0.5, 0.6) is 5.75 Å². The van der Waals surface area contributed by atoms with E-state index in [1.165, 1.54) is 5.56 Å². The van der Waals surface area contributed by atoms with E-state index in [9.17, 15) is 0 Å². The van der Waals surface area contributed by atoms with Crippen LogP contribution in [0.15, 0.2) is 88.3 Å². The molecule has 0 radical (unpaired) electrons. The molecule has 0 saturated carbocycles. The van der Waals surface area contributed by atoms with Crippen LogP contribution in [0.2, 0.25) is 0 Å². The summed E-state index contributed by atoms with van der Waals surface area (Å²) in [6.45, 7) is 2.15. The summed E-state index contributed by atoms with van der Waals surface area (Å²) >= 11 is 3.52. The minimum absolute atomic E-state index is 0.0177. The average molecular weight is 436 g/mol. The first-order chi connectivity index (χ1) is 13.6. The van der Waals surface area contributed by atoms with Crippen molar-refractivity contribution in [2.24, 2.45) is 4.99 Å². The summed E-state index contributed by atoms with van der Waals surface area (Å²) in [5.74, 6) is 1.48. The number of nitrogens with zero attached hydrogens (tertiary/aromatic N) is 1. The predicted octanol–water partition coefficient (Wildman–Crippen LogP) is 6.28. The molecular weight excluding hydrogens is 414 g/mol. The van der Waals surface area contributed by atoms with E-state index in [0.29, 0.717) is 5.90 Å². The molecule has 1 aliphatic heterocycles. The fraction of sp³-hybridized carbons (Fsp3) is 0.208. The first-order valence-corrected chi connectivity index (χ1v) is 10.1. The summed E-state index contributed by atoms with van der Waals surface area (Å²) in [5.41, 5.74) is 2.82. The molecule has 0 saturated heterocycles. The molecule has 0 bridgehead atoms. The van der Waals surface area contributed by atoms with E-state index < -0.39 is 5.60 Å². The molecule has 0 fully saturated rings. The largest absolute Gasteiger partial charge is 0.497 e. The van der Waals surface area contributed by atoms with Gasteiger partial charge in [-0.15, -0.1) is 0 Å². The second-order valence-corrected chi connectivity index (χ2v) is 8.05. The highest BCUT2D eigenvalue weighted by Gasteiger charge is 2.38. The zero-order valence-corrected chi connectivity index (χ0v) is 17.5. The van der Waals surface area contributed by atoms with Crippen molar-refractivity contribution < 1.29 is 9.47 Å². The summed E-state index contributed by atoms with van der Waals surface area (Å²) in [6.07, 6.45) is 0.776. The van der Waals surface area contributed by atoms with Crippen LogP contribution in [0.25, 0.3) is 0 Å². The van der Waals surface area contributed by atoms with Crippen molar-refractivity contribution in [1.29, 1.82) is 0 Å². The zero-order chi connectivity index (χ0) is 19.6. The van der Waals surface area contributed by atoms with Gasteiger partial charge >= 0.3 is 0 Å². The molecular formula is C24H22BrNO2. The lowest BCUT2D eigenvalue weighted by molar-refractivity contribution is 0.0411. The van der Waals surface area contributed by atoms with Crippen molar-refractivity contribution in [2.45, 2.75) is 25.0 Å². The molecule has 4 rings (SSSR count). The maximum atomic E-state index is 6.49. The zero-order valence-electron chi connectivity index (χ0n) is 15.9. The molecule has 4 heteroatoms. The van der Waals surface area contributed by atoms with Crippen molar-refractivity contribution >= 4 is 21.8 Å². The predicted molar refractivity (Wildman–Crippen MR) is 116 cm³/mol. The van der Waals surface area contributed by atoms with Gasteiger partial charge in [-0.05, 0) is 54.4 Å². The third-order valence-electron chi connectivity index (χ3n) is 5.15. The van der Waals surface area contributed by atoms with Crippen LogP contribution in [0.3, 0.4) is 0 Å². The van der Waals surface area contributed by atoms with Gasteiger partial charge in [-0.2, -0.15) is 0 Å². The van der Waals surface area contributed by atoms with E-state index >= 15 is 0 Å². The highest BCUT2D eigenvalue weighted by Crippen LogP contribution is 2.42. The molecule has 3 aromatic rings. The summed E-state index contributed by atoms with van der Waals surface area (Å²) in [4.78, 5) is 4.97. The van der Waals surface area contributed by atoms with Gasteiger partial charge in [0.1, 0.15) is 11.4 Å². The molecule has 28 heavy (non-hydrogen) atoms. The van der Waals surface area contributed by atoms with Crippen LogP contribution in [0.4, 0.5) is 0 Å². The van der Waals surface area contributed by atoms with E-state index in [-0.39, 0.29) is 6.04 Å². The van der Waals surface area contributed by atoms with Gasteiger partial charge < -0.3 is 9.47 Å². The highest BCUT2D eigenvalue weighted by atomic mass is 79.9. The number of hydrogen-bond acceptors (Lipinski definition) is 3. The third kappa shape index (κ3) is 3.83. The molecule has 0 spiro atoms. The Morgan fingerprint density at radius 1 is 0.964 bits per heavy atom. The second kappa shape index (κ2) is 7.80. The van der Waals surface area contributed by atoms with Crippen LogP contribution < -0.4 is 4.74 Å². The molecule has 142 valence electrons. The topological polar surface area (TPSA) is 30.8 Å². The monoisotopic (exact) mass is 435 g/mol. The van der Waals surface area contributed by atoms with Crippen LogP contribution in [0.1, 0.15) is 36.1 Å². The Kier molecular flexibility index (Phi) is 5.23. The summed E-state index contributed by atoms with van der Waals surface area (Å²) in [6, 6.07) is 26.6. The Hall–Kier alpha value is -2.59. The fourth-order valence-corrected chi connectivity index (χ4v) is 3.81. The molecule has 3 nitrogen and oxygen atoms in total. The molecule has 1 aliphatic rings. The lowest BCUT2D eigenvalue weighted by atomic mass is 9.85. The number of methoxy groups -OCH3 is 1. The molecule has 0 aromatic heterocycles. The van der Waals surface area contributed by atoms with E-state index in [1.807, 2.05) is 30.3 Å².